The first-order valence-electron chi connectivity index (χ1n) is 10.8. The van der Waals surface area contributed by atoms with Crippen molar-refractivity contribution in [2.24, 2.45) is 17.6 Å². The molecule has 8 nitrogen and oxygen atoms in total. The summed E-state index contributed by atoms with van der Waals surface area (Å²) in [4.78, 5) is 53.4. The smallest absolute Gasteiger partial charge is 0.250 e. The molecule has 0 radical (unpaired) electrons. The minimum atomic E-state index is -1.39. The molecule has 2 aromatic rings. The number of para-hydroxylation sites is 1. The van der Waals surface area contributed by atoms with Gasteiger partial charge in [0.25, 0.3) is 0 Å². The van der Waals surface area contributed by atoms with Crippen molar-refractivity contribution in [3.8, 4) is 0 Å². The van der Waals surface area contributed by atoms with E-state index in [0.717, 1.165) is 5.56 Å². The molecule has 4 amide bonds. The number of primary amides is 1. The van der Waals surface area contributed by atoms with Crippen molar-refractivity contribution < 1.29 is 19.2 Å². The van der Waals surface area contributed by atoms with Crippen molar-refractivity contribution in [1.82, 2.24) is 10.2 Å². The SMILES string of the molecule is Cc1cccc2c1NC(=O)[C@@]21N[C@@H](CCC(N)=O)[C@H]2C(=O)N(Cc3ccccc3Cl)C(=O)[C@H]21. The van der Waals surface area contributed by atoms with Crippen molar-refractivity contribution in [2.75, 3.05) is 5.32 Å². The Morgan fingerprint density at radius 2 is 1.88 bits per heavy atom. The molecule has 2 aromatic carbocycles. The number of rotatable bonds is 5. The Morgan fingerprint density at radius 3 is 2.61 bits per heavy atom. The van der Waals surface area contributed by atoms with Crippen LogP contribution in [0.4, 0.5) is 5.69 Å². The van der Waals surface area contributed by atoms with Gasteiger partial charge in [0.2, 0.25) is 23.6 Å². The first-order chi connectivity index (χ1) is 15.8. The normalized spacial score (nSPS) is 27.8. The summed E-state index contributed by atoms with van der Waals surface area (Å²) in [6.07, 6.45) is 0.275. The van der Waals surface area contributed by atoms with Crippen LogP contribution in [0.1, 0.15) is 29.5 Å². The summed E-state index contributed by atoms with van der Waals surface area (Å²) in [7, 11) is 0. The van der Waals surface area contributed by atoms with Gasteiger partial charge in [-0.2, -0.15) is 0 Å². The van der Waals surface area contributed by atoms with E-state index >= 15 is 0 Å². The number of imide groups is 1. The number of nitrogens with two attached hydrogens (primary N) is 1. The van der Waals surface area contributed by atoms with E-state index in [0.29, 0.717) is 21.8 Å². The highest BCUT2D eigenvalue weighted by molar-refractivity contribution is 6.31. The van der Waals surface area contributed by atoms with E-state index in [9.17, 15) is 19.2 Å². The molecule has 1 spiro atoms. The van der Waals surface area contributed by atoms with Gasteiger partial charge in [-0.05, 0) is 30.5 Å². The fourth-order valence-electron chi connectivity index (χ4n) is 5.53. The zero-order chi connectivity index (χ0) is 23.5. The minimum Gasteiger partial charge on any atom is -0.370 e. The van der Waals surface area contributed by atoms with Crippen LogP contribution in [-0.2, 0) is 31.3 Å². The number of hydrogen-bond acceptors (Lipinski definition) is 5. The lowest BCUT2D eigenvalue weighted by Crippen LogP contribution is -2.53. The number of carbonyl (C=O) groups excluding carboxylic acids is 4. The molecule has 170 valence electrons. The lowest BCUT2D eigenvalue weighted by Gasteiger charge is -2.29. The third-order valence-electron chi connectivity index (χ3n) is 7.04. The maximum absolute atomic E-state index is 13.7. The standard InChI is InChI=1S/C24H23ClN4O4/c1-12-5-4-7-14-20(12)27-23(33)24(14)19-18(16(28-24)9-10-17(26)30)21(31)29(22(19)32)11-13-6-2-3-8-15(13)25/h2-8,16,18-19,28H,9-11H2,1H3,(H2,26,30)(H,27,33)/t16-,18+,19-,24+/m0/s1. The zero-order valence-electron chi connectivity index (χ0n) is 17.9. The van der Waals surface area contributed by atoms with Gasteiger partial charge in [0.1, 0.15) is 5.54 Å². The highest BCUT2D eigenvalue weighted by Crippen LogP contribution is 2.54. The summed E-state index contributed by atoms with van der Waals surface area (Å²) < 4.78 is 0. The lowest BCUT2D eigenvalue weighted by atomic mass is 9.76. The summed E-state index contributed by atoms with van der Waals surface area (Å²) in [6, 6.07) is 12.0. The molecule has 0 aliphatic carbocycles. The van der Waals surface area contributed by atoms with Gasteiger partial charge in [0.15, 0.2) is 0 Å². The Balaban J connectivity index is 1.60. The summed E-state index contributed by atoms with van der Waals surface area (Å²) in [5.41, 5.74) is 6.76. The topological polar surface area (TPSA) is 122 Å². The van der Waals surface area contributed by atoms with Crippen LogP contribution in [0.25, 0.3) is 0 Å². The Hall–Kier alpha value is -3.23. The quantitative estimate of drug-likeness (QED) is 0.580. The minimum absolute atomic E-state index is 0.0191. The maximum atomic E-state index is 13.7. The number of nitrogens with one attached hydrogen (secondary N) is 2. The van der Waals surface area contributed by atoms with Crippen LogP contribution in [0.5, 0.6) is 0 Å². The Morgan fingerprint density at radius 1 is 1.12 bits per heavy atom. The number of benzene rings is 2. The zero-order valence-corrected chi connectivity index (χ0v) is 18.7. The molecular formula is C24H23ClN4O4. The second-order valence-corrected chi connectivity index (χ2v) is 9.28. The largest absolute Gasteiger partial charge is 0.370 e. The molecule has 3 aliphatic rings. The molecule has 0 unspecified atom stereocenters. The van der Waals surface area contributed by atoms with E-state index in [1.807, 2.05) is 19.1 Å². The van der Waals surface area contributed by atoms with E-state index in [1.165, 1.54) is 4.90 Å². The molecule has 9 heteroatoms. The van der Waals surface area contributed by atoms with Crippen molar-refractivity contribution in [3.63, 3.8) is 0 Å². The first-order valence-corrected chi connectivity index (χ1v) is 11.2. The molecule has 3 aliphatic heterocycles. The Labute approximate surface area is 195 Å². The lowest BCUT2D eigenvalue weighted by molar-refractivity contribution is -0.143. The van der Waals surface area contributed by atoms with Crippen LogP contribution >= 0.6 is 11.6 Å². The molecule has 33 heavy (non-hydrogen) atoms. The van der Waals surface area contributed by atoms with Crippen molar-refractivity contribution in [3.05, 3.63) is 64.2 Å². The molecule has 2 fully saturated rings. The number of fused-ring (bicyclic) bond motifs is 4. The summed E-state index contributed by atoms with van der Waals surface area (Å²) in [6.45, 7) is 1.89. The van der Waals surface area contributed by atoms with E-state index in [4.69, 9.17) is 17.3 Å². The third kappa shape index (κ3) is 3.08. The highest BCUT2D eigenvalue weighted by atomic mass is 35.5. The maximum Gasteiger partial charge on any atom is 0.250 e. The number of carbonyl (C=O) groups is 4. The van der Waals surface area contributed by atoms with E-state index in [-0.39, 0.29) is 31.2 Å². The molecule has 4 atom stereocenters. The second kappa shape index (κ2) is 7.67. The molecule has 4 N–H and O–H groups in total. The van der Waals surface area contributed by atoms with Crippen LogP contribution in [0.3, 0.4) is 0 Å². The number of likely N-dealkylation sites (tertiary alicyclic amines) is 1. The third-order valence-corrected chi connectivity index (χ3v) is 7.41. The van der Waals surface area contributed by atoms with Gasteiger partial charge < -0.3 is 11.1 Å². The Kier molecular flexibility index (Phi) is 5.02. The van der Waals surface area contributed by atoms with Crippen LogP contribution in [0, 0.1) is 18.8 Å². The highest BCUT2D eigenvalue weighted by Gasteiger charge is 2.70. The van der Waals surface area contributed by atoms with Gasteiger partial charge in [0.05, 0.1) is 18.4 Å². The number of nitrogens with zero attached hydrogens (tertiary/aromatic N) is 1. The predicted octanol–water partition coefficient (Wildman–Crippen LogP) is 1.83. The van der Waals surface area contributed by atoms with Gasteiger partial charge in [-0.3, -0.25) is 29.4 Å². The monoisotopic (exact) mass is 466 g/mol. The van der Waals surface area contributed by atoms with E-state index in [2.05, 4.69) is 10.6 Å². The first kappa shape index (κ1) is 21.6. The van der Waals surface area contributed by atoms with Crippen LogP contribution < -0.4 is 16.4 Å². The molecule has 2 saturated heterocycles. The number of anilines is 1. The van der Waals surface area contributed by atoms with Crippen molar-refractivity contribution in [2.45, 2.75) is 37.9 Å². The second-order valence-electron chi connectivity index (χ2n) is 8.87. The molecular weight excluding hydrogens is 444 g/mol. The molecule has 3 heterocycles. The number of amides is 4. The van der Waals surface area contributed by atoms with E-state index < -0.39 is 35.2 Å². The average Bonchev–Trinajstić information content (AvgIpc) is 3.35. The summed E-state index contributed by atoms with van der Waals surface area (Å²) in [5, 5.41) is 6.66. The molecule has 5 rings (SSSR count). The van der Waals surface area contributed by atoms with Gasteiger partial charge in [0, 0.05) is 28.7 Å². The van der Waals surface area contributed by atoms with Gasteiger partial charge in [-0.15, -0.1) is 0 Å². The number of halogens is 1. The number of hydrogen-bond donors (Lipinski definition) is 3. The van der Waals surface area contributed by atoms with Gasteiger partial charge in [-0.25, -0.2) is 0 Å². The van der Waals surface area contributed by atoms with Crippen LogP contribution in [-0.4, -0.2) is 34.6 Å². The Bertz CT molecular complexity index is 1210. The summed E-state index contributed by atoms with van der Waals surface area (Å²) in [5.74, 6) is -3.42. The molecule has 0 aromatic heterocycles. The average molecular weight is 467 g/mol. The predicted molar refractivity (Wildman–Crippen MR) is 121 cm³/mol. The van der Waals surface area contributed by atoms with Crippen molar-refractivity contribution in [1.29, 1.82) is 0 Å². The van der Waals surface area contributed by atoms with Crippen LogP contribution in [0.15, 0.2) is 42.5 Å². The van der Waals surface area contributed by atoms with Crippen LogP contribution in [0.2, 0.25) is 5.02 Å². The molecule has 0 saturated carbocycles. The summed E-state index contributed by atoms with van der Waals surface area (Å²) >= 11 is 6.28. The van der Waals surface area contributed by atoms with E-state index in [1.54, 1.807) is 30.3 Å². The van der Waals surface area contributed by atoms with Crippen molar-refractivity contribution >= 4 is 40.9 Å². The van der Waals surface area contributed by atoms with Gasteiger partial charge >= 0.3 is 0 Å². The number of aryl methyl sites for hydroxylation is 1. The van der Waals surface area contributed by atoms with Gasteiger partial charge in [-0.1, -0.05) is 48.0 Å². The molecule has 0 bridgehead atoms. The fraction of sp³-hybridized carbons (Fsp3) is 0.333. The fourth-order valence-corrected chi connectivity index (χ4v) is 5.73.